The standard InChI is InChI=1S/C17H24N4O4/c1-12(2)21-11-13(10-15(21)22)18-17(24)20-7-5-19(6-8-20)16(23)14-4-3-9-25-14/h3-4,9,12-13H,5-8,10-11H2,1-2H3,(H,18,24). The minimum Gasteiger partial charge on any atom is -0.459 e. The van der Waals surface area contributed by atoms with E-state index in [0.717, 1.165) is 0 Å². The lowest BCUT2D eigenvalue weighted by molar-refractivity contribution is -0.129. The molecule has 1 aromatic heterocycles. The lowest BCUT2D eigenvalue weighted by Crippen LogP contribution is -2.54. The van der Waals surface area contributed by atoms with E-state index in [4.69, 9.17) is 4.42 Å². The number of likely N-dealkylation sites (tertiary alicyclic amines) is 1. The maximum atomic E-state index is 12.4. The van der Waals surface area contributed by atoms with Gasteiger partial charge in [0.15, 0.2) is 5.76 Å². The van der Waals surface area contributed by atoms with Crippen LogP contribution in [0.25, 0.3) is 0 Å². The highest BCUT2D eigenvalue weighted by Gasteiger charge is 2.33. The Morgan fingerprint density at radius 1 is 1.20 bits per heavy atom. The zero-order valence-electron chi connectivity index (χ0n) is 14.6. The summed E-state index contributed by atoms with van der Waals surface area (Å²) in [5.74, 6) is 0.240. The van der Waals surface area contributed by atoms with Gasteiger partial charge in [0.25, 0.3) is 5.91 Å². The number of carbonyl (C=O) groups excluding carboxylic acids is 3. The van der Waals surface area contributed by atoms with E-state index in [2.05, 4.69) is 5.32 Å². The molecule has 0 spiro atoms. The molecule has 2 fully saturated rings. The van der Waals surface area contributed by atoms with Gasteiger partial charge in [-0.1, -0.05) is 0 Å². The number of hydrogen-bond donors (Lipinski definition) is 1. The molecule has 1 atom stereocenters. The molecule has 25 heavy (non-hydrogen) atoms. The van der Waals surface area contributed by atoms with Crippen LogP contribution in [-0.2, 0) is 4.79 Å². The van der Waals surface area contributed by atoms with Gasteiger partial charge in [-0.3, -0.25) is 9.59 Å². The lowest BCUT2D eigenvalue weighted by atomic mass is 10.2. The largest absolute Gasteiger partial charge is 0.459 e. The summed E-state index contributed by atoms with van der Waals surface area (Å²) in [6.45, 7) is 6.36. The Morgan fingerprint density at radius 2 is 1.88 bits per heavy atom. The highest BCUT2D eigenvalue weighted by molar-refractivity contribution is 5.91. The van der Waals surface area contributed by atoms with Gasteiger partial charge < -0.3 is 24.4 Å². The van der Waals surface area contributed by atoms with Crippen molar-refractivity contribution in [3.63, 3.8) is 0 Å². The molecule has 0 saturated carbocycles. The summed E-state index contributed by atoms with van der Waals surface area (Å²) in [4.78, 5) is 41.7. The average molecular weight is 348 g/mol. The van der Waals surface area contributed by atoms with Gasteiger partial charge in [-0.25, -0.2) is 4.79 Å². The molecule has 0 aromatic carbocycles. The fraction of sp³-hybridized carbons (Fsp3) is 0.588. The fourth-order valence-electron chi connectivity index (χ4n) is 3.26. The molecule has 1 N–H and O–H groups in total. The summed E-state index contributed by atoms with van der Waals surface area (Å²) in [5, 5.41) is 2.94. The fourth-order valence-corrected chi connectivity index (χ4v) is 3.26. The Morgan fingerprint density at radius 3 is 2.44 bits per heavy atom. The van der Waals surface area contributed by atoms with Crippen LogP contribution in [0.15, 0.2) is 22.8 Å². The van der Waals surface area contributed by atoms with E-state index in [1.165, 1.54) is 6.26 Å². The smallest absolute Gasteiger partial charge is 0.317 e. The van der Waals surface area contributed by atoms with E-state index in [-0.39, 0.29) is 29.9 Å². The van der Waals surface area contributed by atoms with E-state index >= 15 is 0 Å². The summed E-state index contributed by atoms with van der Waals surface area (Å²) < 4.78 is 5.13. The summed E-state index contributed by atoms with van der Waals surface area (Å²) in [7, 11) is 0. The second-order valence-corrected chi connectivity index (χ2v) is 6.75. The molecule has 4 amide bonds. The first-order valence-corrected chi connectivity index (χ1v) is 8.63. The third-order valence-corrected chi connectivity index (χ3v) is 4.70. The second kappa shape index (κ2) is 7.16. The monoisotopic (exact) mass is 348 g/mol. The average Bonchev–Trinajstić information content (AvgIpc) is 3.24. The number of hydrogen-bond acceptors (Lipinski definition) is 4. The number of urea groups is 1. The van der Waals surface area contributed by atoms with Crippen LogP contribution in [-0.4, -0.2) is 77.4 Å². The van der Waals surface area contributed by atoms with Gasteiger partial charge in [0.05, 0.1) is 12.3 Å². The van der Waals surface area contributed by atoms with Crippen LogP contribution < -0.4 is 5.32 Å². The number of nitrogens with zero attached hydrogens (tertiary/aromatic N) is 3. The molecule has 8 heteroatoms. The Balaban J connectivity index is 1.47. The molecule has 2 saturated heterocycles. The second-order valence-electron chi connectivity index (χ2n) is 6.75. The van der Waals surface area contributed by atoms with Gasteiger partial charge in [0.1, 0.15) is 0 Å². The minimum atomic E-state index is -0.173. The molecular weight excluding hydrogens is 324 g/mol. The number of piperazine rings is 1. The highest BCUT2D eigenvalue weighted by atomic mass is 16.3. The first kappa shape index (κ1) is 17.3. The third-order valence-electron chi connectivity index (χ3n) is 4.70. The number of amides is 4. The zero-order chi connectivity index (χ0) is 18.0. The van der Waals surface area contributed by atoms with Gasteiger partial charge >= 0.3 is 6.03 Å². The normalized spacial score (nSPS) is 21.2. The first-order valence-electron chi connectivity index (χ1n) is 8.63. The lowest BCUT2D eigenvalue weighted by Gasteiger charge is -2.34. The van der Waals surface area contributed by atoms with Gasteiger partial charge in [-0.15, -0.1) is 0 Å². The van der Waals surface area contributed by atoms with Crippen molar-refractivity contribution in [1.82, 2.24) is 20.0 Å². The summed E-state index contributed by atoms with van der Waals surface area (Å²) in [5.41, 5.74) is 0. The van der Waals surface area contributed by atoms with Gasteiger partial charge in [-0.05, 0) is 26.0 Å². The quantitative estimate of drug-likeness (QED) is 0.874. The van der Waals surface area contributed by atoms with Crippen LogP contribution in [0, 0.1) is 0 Å². The van der Waals surface area contributed by atoms with Crippen LogP contribution in [0.4, 0.5) is 4.79 Å². The Hall–Kier alpha value is -2.51. The number of furan rings is 1. The molecule has 3 rings (SSSR count). The summed E-state index contributed by atoms with van der Waals surface area (Å²) in [6, 6.07) is 3.14. The van der Waals surface area contributed by atoms with Gasteiger partial charge in [0.2, 0.25) is 5.91 Å². The molecule has 8 nitrogen and oxygen atoms in total. The number of rotatable bonds is 3. The highest BCUT2D eigenvalue weighted by Crippen LogP contribution is 2.15. The third kappa shape index (κ3) is 3.78. The molecule has 0 radical (unpaired) electrons. The van der Waals surface area contributed by atoms with Crippen molar-refractivity contribution in [2.75, 3.05) is 32.7 Å². The Bertz CT molecular complexity index is 635. The molecular formula is C17H24N4O4. The summed E-state index contributed by atoms with van der Waals surface area (Å²) >= 11 is 0. The number of nitrogens with one attached hydrogen (secondary N) is 1. The van der Waals surface area contributed by atoms with Gasteiger partial charge in [-0.2, -0.15) is 0 Å². The molecule has 1 unspecified atom stereocenters. The summed E-state index contributed by atoms with van der Waals surface area (Å²) in [6.07, 6.45) is 1.82. The molecule has 2 aliphatic rings. The van der Waals surface area contributed by atoms with Crippen LogP contribution >= 0.6 is 0 Å². The van der Waals surface area contributed by atoms with Crippen molar-refractivity contribution in [2.24, 2.45) is 0 Å². The van der Waals surface area contributed by atoms with Crippen LogP contribution in [0.1, 0.15) is 30.8 Å². The van der Waals surface area contributed by atoms with E-state index in [1.54, 1.807) is 26.8 Å². The molecule has 3 heterocycles. The predicted octanol–water partition coefficient (Wildman–Crippen LogP) is 0.756. The molecule has 136 valence electrons. The van der Waals surface area contributed by atoms with Crippen molar-refractivity contribution in [3.8, 4) is 0 Å². The molecule has 2 aliphatic heterocycles. The van der Waals surface area contributed by atoms with E-state index in [0.29, 0.717) is 44.9 Å². The molecule has 0 bridgehead atoms. The van der Waals surface area contributed by atoms with E-state index in [9.17, 15) is 14.4 Å². The maximum Gasteiger partial charge on any atom is 0.317 e. The predicted molar refractivity (Wildman–Crippen MR) is 90.0 cm³/mol. The first-order chi connectivity index (χ1) is 12.0. The Kier molecular flexibility index (Phi) is 4.96. The van der Waals surface area contributed by atoms with Crippen LogP contribution in [0.5, 0.6) is 0 Å². The van der Waals surface area contributed by atoms with Gasteiger partial charge in [0, 0.05) is 45.2 Å². The number of carbonyl (C=O) groups is 3. The van der Waals surface area contributed by atoms with Crippen LogP contribution in [0.3, 0.4) is 0 Å². The van der Waals surface area contributed by atoms with E-state index < -0.39 is 0 Å². The van der Waals surface area contributed by atoms with E-state index in [1.807, 2.05) is 13.8 Å². The van der Waals surface area contributed by atoms with Crippen molar-refractivity contribution in [3.05, 3.63) is 24.2 Å². The Labute approximate surface area is 146 Å². The van der Waals surface area contributed by atoms with Crippen molar-refractivity contribution in [1.29, 1.82) is 0 Å². The maximum absolute atomic E-state index is 12.4. The molecule has 0 aliphatic carbocycles. The molecule has 1 aromatic rings. The zero-order valence-corrected chi connectivity index (χ0v) is 14.6. The minimum absolute atomic E-state index is 0.0779. The topological polar surface area (TPSA) is 86.1 Å². The van der Waals surface area contributed by atoms with Crippen molar-refractivity contribution >= 4 is 17.8 Å². The van der Waals surface area contributed by atoms with Crippen molar-refractivity contribution < 1.29 is 18.8 Å². The van der Waals surface area contributed by atoms with Crippen LogP contribution in [0.2, 0.25) is 0 Å². The SMILES string of the molecule is CC(C)N1CC(NC(=O)N2CCN(C(=O)c3ccco3)CC2)CC1=O. The van der Waals surface area contributed by atoms with Crippen molar-refractivity contribution in [2.45, 2.75) is 32.4 Å².